The van der Waals surface area contributed by atoms with Crippen LogP contribution in [0, 0.1) is 5.92 Å². The molecule has 2 aromatic rings. The van der Waals surface area contributed by atoms with Gasteiger partial charge in [-0.05, 0) is 37.2 Å². The molecule has 1 aromatic heterocycles. The van der Waals surface area contributed by atoms with Crippen molar-refractivity contribution in [2.24, 2.45) is 10.9 Å². The molecule has 1 saturated carbocycles. The molecule has 1 aliphatic carbocycles. The Morgan fingerprint density at radius 1 is 1.25 bits per heavy atom. The number of rotatable bonds is 7. The zero-order valence-electron chi connectivity index (χ0n) is 14.5. The molecule has 24 heavy (non-hydrogen) atoms. The molecule has 0 aliphatic heterocycles. The van der Waals surface area contributed by atoms with Crippen molar-refractivity contribution < 1.29 is 0 Å². The van der Waals surface area contributed by atoms with Crippen molar-refractivity contribution in [2.45, 2.75) is 39.2 Å². The minimum absolute atomic E-state index is 0.646. The predicted molar refractivity (Wildman–Crippen MR) is 102 cm³/mol. The summed E-state index contributed by atoms with van der Waals surface area (Å²) in [6.07, 6.45) is 4.27. The van der Waals surface area contributed by atoms with Gasteiger partial charge in [0.05, 0.1) is 6.54 Å². The molecule has 2 unspecified atom stereocenters. The van der Waals surface area contributed by atoms with Crippen LogP contribution in [0.3, 0.4) is 0 Å². The molecule has 1 fully saturated rings. The van der Waals surface area contributed by atoms with E-state index in [0.29, 0.717) is 18.4 Å². The molecule has 1 aliphatic rings. The Labute approximate surface area is 148 Å². The summed E-state index contributed by atoms with van der Waals surface area (Å²) in [5.74, 6) is 2.31. The summed E-state index contributed by atoms with van der Waals surface area (Å²) in [6, 6.07) is 10.8. The highest BCUT2D eigenvalue weighted by Gasteiger charge is 2.37. The van der Waals surface area contributed by atoms with Crippen LogP contribution in [0.1, 0.15) is 41.6 Å². The van der Waals surface area contributed by atoms with E-state index in [-0.39, 0.29) is 0 Å². The SMILES string of the molecule is CCNC(=NCc1ncc(CC)s1)NCC1CC1c1ccccc1. The van der Waals surface area contributed by atoms with Crippen molar-refractivity contribution >= 4 is 17.3 Å². The molecule has 2 atom stereocenters. The van der Waals surface area contributed by atoms with E-state index in [4.69, 9.17) is 0 Å². The number of benzene rings is 1. The van der Waals surface area contributed by atoms with Crippen molar-refractivity contribution in [1.29, 1.82) is 0 Å². The highest BCUT2D eigenvalue weighted by atomic mass is 32.1. The summed E-state index contributed by atoms with van der Waals surface area (Å²) < 4.78 is 0. The van der Waals surface area contributed by atoms with Crippen LogP contribution < -0.4 is 10.6 Å². The van der Waals surface area contributed by atoms with Gasteiger partial charge in [0, 0.05) is 24.2 Å². The largest absolute Gasteiger partial charge is 0.357 e. The van der Waals surface area contributed by atoms with Crippen LogP contribution in [-0.4, -0.2) is 24.0 Å². The number of hydrogen-bond donors (Lipinski definition) is 2. The van der Waals surface area contributed by atoms with E-state index < -0.39 is 0 Å². The van der Waals surface area contributed by atoms with Crippen LogP contribution in [0.15, 0.2) is 41.5 Å². The Morgan fingerprint density at radius 3 is 2.79 bits per heavy atom. The smallest absolute Gasteiger partial charge is 0.191 e. The van der Waals surface area contributed by atoms with Crippen molar-refractivity contribution in [3.8, 4) is 0 Å². The number of hydrogen-bond acceptors (Lipinski definition) is 3. The van der Waals surface area contributed by atoms with Crippen LogP contribution in [0.4, 0.5) is 0 Å². The predicted octanol–water partition coefficient (Wildman–Crippen LogP) is 3.56. The van der Waals surface area contributed by atoms with Gasteiger partial charge in [-0.2, -0.15) is 0 Å². The monoisotopic (exact) mass is 342 g/mol. The molecule has 128 valence electrons. The standard InChI is InChI=1S/C19H26N4S/c1-3-16-12-21-18(24-16)13-23-19(20-4-2)22-11-15-10-17(15)14-8-6-5-7-9-14/h5-9,12,15,17H,3-4,10-11,13H2,1-2H3,(H2,20,22,23). The minimum atomic E-state index is 0.646. The van der Waals surface area contributed by atoms with Gasteiger partial charge in [0.15, 0.2) is 5.96 Å². The Hall–Kier alpha value is -1.88. The topological polar surface area (TPSA) is 49.3 Å². The first-order valence-corrected chi connectivity index (χ1v) is 9.62. The van der Waals surface area contributed by atoms with Crippen LogP contribution in [0.25, 0.3) is 0 Å². The summed E-state index contributed by atoms with van der Waals surface area (Å²) in [5.41, 5.74) is 1.46. The highest BCUT2D eigenvalue weighted by molar-refractivity contribution is 7.11. The van der Waals surface area contributed by atoms with E-state index in [2.05, 4.69) is 64.8 Å². The molecule has 0 radical (unpaired) electrons. The first-order valence-electron chi connectivity index (χ1n) is 8.80. The Morgan fingerprint density at radius 2 is 2.08 bits per heavy atom. The lowest BCUT2D eigenvalue weighted by Crippen LogP contribution is -2.38. The second-order valence-corrected chi connectivity index (χ2v) is 7.36. The number of nitrogens with one attached hydrogen (secondary N) is 2. The second kappa shape index (κ2) is 8.29. The number of aromatic nitrogens is 1. The van der Waals surface area contributed by atoms with Gasteiger partial charge in [-0.25, -0.2) is 9.98 Å². The fourth-order valence-electron chi connectivity index (χ4n) is 2.88. The Kier molecular flexibility index (Phi) is 5.86. The van der Waals surface area contributed by atoms with Gasteiger partial charge in [-0.1, -0.05) is 37.3 Å². The van der Waals surface area contributed by atoms with E-state index in [1.807, 2.05) is 6.20 Å². The molecule has 3 rings (SSSR count). The van der Waals surface area contributed by atoms with Crippen molar-refractivity contribution in [3.63, 3.8) is 0 Å². The van der Waals surface area contributed by atoms with E-state index >= 15 is 0 Å². The van der Waals surface area contributed by atoms with Gasteiger partial charge in [0.2, 0.25) is 0 Å². The molecule has 1 aromatic carbocycles. The molecular formula is C19H26N4S. The summed E-state index contributed by atoms with van der Waals surface area (Å²) in [5, 5.41) is 7.90. The summed E-state index contributed by atoms with van der Waals surface area (Å²) in [4.78, 5) is 10.4. The number of aryl methyl sites for hydroxylation is 1. The van der Waals surface area contributed by atoms with E-state index in [0.717, 1.165) is 30.5 Å². The fraction of sp³-hybridized carbons (Fsp3) is 0.474. The maximum Gasteiger partial charge on any atom is 0.191 e. The molecule has 1 heterocycles. The summed E-state index contributed by atoms with van der Waals surface area (Å²) in [6.45, 7) is 6.75. The van der Waals surface area contributed by atoms with Gasteiger partial charge in [-0.3, -0.25) is 0 Å². The maximum absolute atomic E-state index is 4.67. The number of nitrogens with zero attached hydrogens (tertiary/aromatic N) is 2. The lowest BCUT2D eigenvalue weighted by atomic mass is 10.1. The zero-order chi connectivity index (χ0) is 16.8. The third kappa shape index (κ3) is 4.57. The van der Waals surface area contributed by atoms with Crippen LogP contribution >= 0.6 is 11.3 Å². The van der Waals surface area contributed by atoms with E-state index in [1.165, 1.54) is 16.9 Å². The normalized spacial score (nSPS) is 20.0. The van der Waals surface area contributed by atoms with Crippen molar-refractivity contribution in [2.75, 3.05) is 13.1 Å². The lowest BCUT2D eigenvalue weighted by molar-refractivity contribution is 0.720. The minimum Gasteiger partial charge on any atom is -0.357 e. The molecule has 4 nitrogen and oxygen atoms in total. The second-order valence-electron chi connectivity index (χ2n) is 6.16. The van der Waals surface area contributed by atoms with Gasteiger partial charge in [0.25, 0.3) is 0 Å². The third-order valence-electron chi connectivity index (χ3n) is 4.35. The zero-order valence-corrected chi connectivity index (χ0v) is 15.3. The molecule has 5 heteroatoms. The third-order valence-corrected chi connectivity index (χ3v) is 5.47. The molecule has 0 amide bonds. The summed E-state index contributed by atoms with van der Waals surface area (Å²) in [7, 11) is 0. The average Bonchev–Trinajstić information content (AvgIpc) is 3.26. The summed E-state index contributed by atoms with van der Waals surface area (Å²) >= 11 is 1.75. The highest BCUT2D eigenvalue weighted by Crippen LogP contribution is 2.46. The van der Waals surface area contributed by atoms with E-state index in [1.54, 1.807) is 11.3 Å². The molecule has 0 bridgehead atoms. The van der Waals surface area contributed by atoms with Gasteiger partial charge in [0.1, 0.15) is 5.01 Å². The molecular weight excluding hydrogens is 316 g/mol. The van der Waals surface area contributed by atoms with Crippen LogP contribution in [0.2, 0.25) is 0 Å². The maximum atomic E-state index is 4.67. The molecule has 2 N–H and O–H groups in total. The van der Waals surface area contributed by atoms with Crippen LogP contribution in [0.5, 0.6) is 0 Å². The lowest BCUT2D eigenvalue weighted by Gasteiger charge is -2.10. The Balaban J connectivity index is 1.50. The Bertz CT molecular complexity index is 665. The number of guanidine groups is 1. The van der Waals surface area contributed by atoms with Crippen LogP contribution in [-0.2, 0) is 13.0 Å². The first kappa shape index (κ1) is 17.0. The fourth-order valence-corrected chi connectivity index (χ4v) is 3.67. The van der Waals surface area contributed by atoms with Gasteiger partial charge >= 0.3 is 0 Å². The number of aliphatic imine (C=N–C) groups is 1. The number of thiazole rings is 1. The van der Waals surface area contributed by atoms with E-state index in [9.17, 15) is 0 Å². The van der Waals surface area contributed by atoms with Crippen molar-refractivity contribution in [3.05, 3.63) is 52.0 Å². The molecule has 0 spiro atoms. The quantitative estimate of drug-likeness (QED) is 0.597. The average molecular weight is 343 g/mol. The van der Waals surface area contributed by atoms with Gasteiger partial charge < -0.3 is 10.6 Å². The van der Waals surface area contributed by atoms with Crippen molar-refractivity contribution in [1.82, 2.24) is 15.6 Å². The first-order chi connectivity index (χ1) is 11.8. The van der Waals surface area contributed by atoms with Gasteiger partial charge in [-0.15, -0.1) is 11.3 Å². The molecule has 0 saturated heterocycles.